The van der Waals surface area contributed by atoms with E-state index in [1.165, 1.54) is 5.56 Å². The van der Waals surface area contributed by atoms with Crippen LogP contribution in [0.15, 0.2) is 54.7 Å². The number of carbonyl (C=O) groups excluding carboxylic acids is 2. The highest BCUT2D eigenvalue weighted by Crippen LogP contribution is 2.23. The van der Waals surface area contributed by atoms with Crippen LogP contribution in [0, 0.1) is 13.8 Å². The summed E-state index contributed by atoms with van der Waals surface area (Å²) in [5.74, 6) is -0.535. The van der Waals surface area contributed by atoms with Crippen molar-refractivity contribution in [2.75, 3.05) is 13.1 Å². The average Bonchev–Trinajstić information content (AvgIpc) is 3.12. The molecule has 6 nitrogen and oxygen atoms in total. The molecule has 0 radical (unpaired) electrons. The predicted molar refractivity (Wildman–Crippen MR) is 114 cm³/mol. The van der Waals surface area contributed by atoms with Crippen LogP contribution in [-0.2, 0) is 11.3 Å². The van der Waals surface area contributed by atoms with Gasteiger partial charge in [0.05, 0.1) is 18.7 Å². The van der Waals surface area contributed by atoms with E-state index in [9.17, 15) is 9.59 Å². The lowest BCUT2D eigenvalue weighted by Gasteiger charge is -2.06. The molecule has 0 bridgehead atoms. The SMILES string of the molecule is CCNC(=O)CNC(=O)c1cn(Cc2ccc(C)cc2)nc1-c1ccc(C)cc1. The fourth-order valence-corrected chi connectivity index (χ4v) is 2.99. The monoisotopic (exact) mass is 390 g/mol. The Hall–Kier alpha value is -3.41. The molecule has 0 unspecified atom stereocenters. The van der Waals surface area contributed by atoms with Crippen molar-refractivity contribution in [1.29, 1.82) is 0 Å². The Kier molecular flexibility index (Phi) is 6.44. The van der Waals surface area contributed by atoms with Crippen molar-refractivity contribution in [2.24, 2.45) is 0 Å². The first kappa shape index (κ1) is 20.3. The van der Waals surface area contributed by atoms with Crippen LogP contribution in [0.5, 0.6) is 0 Å². The van der Waals surface area contributed by atoms with E-state index < -0.39 is 0 Å². The molecule has 2 N–H and O–H groups in total. The van der Waals surface area contributed by atoms with Gasteiger partial charge in [0.1, 0.15) is 5.69 Å². The summed E-state index contributed by atoms with van der Waals surface area (Å²) in [6.07, 6.45) is 1.74. The summed E-state index contributed by atoms with van der Waals surface area (Å²) in [6.45, 7) is 6.91. The predicted octanol–water partition coefficient (Wildman–Crippen LogP) is 3.08. The molecule has 0 saturated heterocycles. The zero-order chi connectivity index (χ0) is 20.8. The highest BCUT2D eigenvalue weighted by atomic mass is 16.2. The van der Waals surface area contributed by atoms with E-state index in [0.717, 1.165) is 16.7 Å². The molecule has 2 amide bonds. The van der Waals surface area contributed by atoms with Crippen molar-refractivity contribution < 1.29 is 9.59 Å². The first-order valence-electron chi connectivity index (χ1n) is 9.71. The highest BCUT2D eigenvalue weighted by Gasteiger charge is 2.18. The zero-order valence-electron chi connectivity index (χ0n) is 17.0. The molecule has 0 spiro atoms. The number of amides is 2. The van der Waals surface area contributed by atoms with E-state index in [2.05, 4.69) is 40.0 Å². The van der Waals surface area contributed by atoms with Gasteiger partial charge in [-0.3, -0.25) is 14.3 Å². The molecular formula is C23H26N4O2. The van der Waals surface area contributed by atoms with Crippen molar-refractivity contribution in [3.8, 4) is 11.3 Å². The van der Waals surface area contributed by atoms with Crippen LogP contribution >= 0.6 is 0 Å². The van der Waals surface area contributed by atoms with Crippen molar-refractivity contribution in [1.82, 2.24) is 20.4 Å². The molecule has 0 fully saturated rings. The molecule has 6 heteroatoms. The largest absolute Gasteiger partial charge is 0.355 e. The number of benzene rings is 2. The zero-order valence-corrected chi connectivity index (χ0v) is 17.0. The normalized spacial score (nSPS) is 10.6. The van der Waals surface area contributed by atoms with Gasteiger partial charge in [-0.15, -0.1) is 0 Å². The van der Waals surface area contributed by atoms with Gasteiger partial charge in [0.2, 0.25) is 5.91 Å². The maximum atomic E-state index is 12.8. The summed E-state index contributed by atoms with van der Waals surface area (Å²) < 4.78 is 1.76. The molecule has 0 aliphatic carbocycles. The highest BCUT2D eigenvalue weighted by molar-refractivity contribution is 6.01. The van der Waals surface area contributed by atoms with E-state index in [1.807, 2.05) is 45.0 Å². The fourth-order valence-electron chi connectivity index (χ4n) is 2.99. The third-order valence-corrected chi connectivity index (χ3v) is 4.58. The van der Waals surface area contributed by atoms with Crippen LogP contribution < -0.4 is 10.6 Å². The summed E-state index contributed by atoms with van der Waals surface area (Å²) in [5, 5.41) is 10.0. The Labute approximate surface area is 170 Å². The van der Waals surface area contributed by atoms with Gasteiger partial charge in [-0.25, -0.2) is 0 Å². The maximum Gasteiger partial charge on any atom is 0.255 e. The minimum Gasteiger partial charge on any atom is -0.355 e. The lowest BCUT2D eigenvalue weighted by molar-refractivity contribution is -0.120. The first-order valence-corrected chi connectivity index (χ1v) is 9.71. The number of carbonyl (C=O) groups is 2. The molecule has 0 aliphatic heterocycles. The Morgan fingerprint density at radius 2 is 1.55 bits per heavy atom. The second kappa shape index (κ2) is 9.19. The topological polar surface area (TPSA) is 76.0 Å². The van der Waals surface area contributed by atoms with E-state index in [0.29, 0.717) is 24.3 Å². The summed E-state index contributed by atoms with van der Waals surface area (Å²) >= 11 is 0. The Bertz CT molecular complexity index is 989. The summed E-state index contributed by atoms with van der Waals surface area (Å²) in [4.78, 5) is 24.5. The van der Waals surface area contributed by atoms with Gasteiger partial charge >= 0.3 is 0 Å². The second-order valence-corrected chi connectivity index (χ2v) is 7.08. The number of aromatic nitrogens is 2. The fraction of sp³-hybridized carbons (Fsp3) is 0.261. The van der Waals surface area contributed by atoms with Crippen LogP contribution in [-0.4, -0.2) is 34.7 Å². The number of hydrogen-bond acceptors (Lipinski definition) is 3. The molecule has 150 valence electrons. The lowest BCUT2D eigenvalue weighted by atomic mass is 10.1. The molecular weight excluding hydrogens is 364 g/mol. The number of aryl methyl sites for hydroxylation is 2. The van der Waals surface area contributed by atoms with Crippen molar-refractivity contribution in [3.63, 3.8) is 0 Å². The summed E-state index contributed by atoms with van der Waals surface area (Å²) in [5.41, 5.74) is 5.34. The molecule has 0 aliphatic rings. The molecule has 0 saturated carbocycles. The third-order valence-electron chi connectivity index (χ3n) is 4.58. The van der Waals surface area contributed by atoms with Gasteiger partial charge in [-0.1, -0.05) is 59.7 Å². The minimum absolute atomic E-state index is 0.0663. The number of nitrogens with zero attached hydrogens (tertiary/aromatic N) is 2. The van der Waals surface area contributed by atoms with E-state index in [4.69, 9.17) is 0 Å². The quantitative estimate of drug-likeness (QED) is 0.651. The molecule has 0 atom stereocenters. The van der Waals surface area contributed by atoms with Gasteiger partial charge in [0.25, 0.3) is 5.91 Å². The number of rotatable bonds is 7. The van der Waals surface area contributed by atoms with Gasteiger partial charge in [-0.2, -0.15) is 5.10 Å². The van der Waals surface area contributed by atoms with E-state index >= 15 is 0 Å². The van der Waals surface area contributed by atoms with Crippen molar-refractivity contribution >= 4 is 11.8 Å². The van der Waals surface area contributed by atoms with Crippen molar-refractivity contribution in [3.05, 3.63) is 77.0 Å². The molecule has 29 heavy (non-hydrogen) atoms. The van der Waals surface area contributed by atoms with Crippen LogP contribution in [0.25, 0.3) is 11.3 Å². The Morgan fingerprint density at radius 1 is 0.931 bits per heavy atom. The van der Waals surface area contributed by atoms with Crippen LogP contribution in [0.3, 0.4) is 0 Å². The van der Waals surface area contributed by atoms with E-state index in [1.54, 1.807) is 10.9 Å². The first-order chi connectivity index (χ1) is 14.0. The number of hydrogen-bond donors (Lipinski definition) is 2. The second-order valence-electron chi connectivity index (χ2n) is 7.08. The Balaban J connectivity index is 1.88. The van der Waals surface area contributed by atoms with Crippen LogP contribution in [0.1, 0.15) is 34.0 Å². The van der Waals surface area contributed by atoms with Gasteiger partial charge in [0.15, 0.2) is 0 Å². The van der Waals surface area contributed by atoms with Gasteiger partial charge < -0.3 is 10.6 Å². The number of likely N-dealkylation sites (N-methyl/N-ethyl adjacent to an activating group) is 1. The minimum atomic E-state index is -0.318. The average molecular weight is 390 g/mol. The van der Waals surface area contributed by atoms with Crippen LogP contribution in [0.2, 0.25) is 0 Å². The standard InChI is InChI=1S/C23H26N4O2/c1-4-24-21(28)13-25-23(29)20-15-27(14-18-9-5-16(2)6-10-18)26-22(20)19-11-7-17(3)8-12-19/h5-12,15H,4,13-14H2,1-3H3,(H,24,28)(H,25,29). The molecule has 1 heterocycles. The van der Waals surface area contributed by atoms with Crippen LogP contribution in [0.4, 0.5) is 0 Å². The van der Waals surface area contributed by atoms with Crippen molar-refractivity contribution in [2.45, 2.75) is 27.3 Å². The summed E-state index contributed by atoms with van der Waals surface area (Å²) in [7, 11) is 0. The smallest absolute Gasteiger partial charge is 0.255 e. The van der Waals surface area contributed by atoms with E-state index in [-0.39, 0.29) is 18.4 Å². The third kappa shape index (κ3) is 5.31. The maximum absolute atomic E-state index is 12.8. The van der Waals surface area contributed by atoms with Gasteiger partial charge in [0, 0.05) is 18.3 Å². The molecule has 1 aromatic heterocycles. The van der Waals surface area contributed by atoms with Gasteiger partial charge in [-0.05, 0) is 26.3 Å². The summed E-state index contributed by atoms with van der Waals surface area (Å²) in [6, 6.07) is 16.1. The molecule has 3 rings (SSSR count). The Morgan fingerprint density at radius 3 is 2.17 bits per heavy atom. The molecule has 2 aromatic carbocycles. The lowest BCUT2D eigenvalue weighted by Crippen LogP contribution is -2.36. The molecule has 3 aromatic rings. The number of nitrogens with one attached hydrogen (secondary N) is 2.